The molecule has 5 heteroatoms. The lowest BCUT2D eigenvalue weighted by Gasteiger charge is -2.27. The fourth-order valence-corrected chi connectivity index (χ4v) is 2.30. The third kappa shape index (κ3) is 2.56. The van der Waals surface area contributed by atoms with Gasteiger partial charge in [0, 0.05) is 6.61 Å². The zero-order valence-electron chi connectivity index (χ0n) is 11.2. The van der Waals surface area contributed by atoms with Crippen LogP contribution in [-0.4, -0.2) is 23.8 Å². The highest BCUT2D eigenvalue weighted by Crippen LogP contribution is 2.25. The van der Waals surface area contributed by atoms with Gasteiger partial charge in [0.2, 0.25) is 5.91 Å². The molecular weight excluding hydrogens is 232 g/mol. The maximum atomic E-state index is 12.2. The molecule has 0 spiro atoms. The number of nitrogens with zero attached hydrogens (tertiary/aromatic N) is 1. The lowest BCUT2D eigenvalue weighted by Crippen LogP contribution is -2.36. The number of aryl methyl sites for hydroxylation is 2. The van der Waals surface area contributed by atoms with Gasteiger partial charge in [0.25, 0.3) is 0 Å². The number of anilines is 1. The van der Waals surface area contributed by atoms with Gasteiger partial charge in [-0.3, -0.25) is 4.79 Å². The summed E-state index contributed by atoms with van der Waals surface area (Å²) in [5, 5.41) is 6.87. The van der Waals surface area contributed by atoms with Gasteiger partial charge in [0.05, 0.1) is 12.0 Å². The van der Waals surface area contributed by atoms with Gasteiger partial charge in [0.15, 0.2) is 5.76 Å². The molecule has 1 amide bonds. The SMILES string of the molecule is CCc1noc(C)c1NC(=O)[C@H]1CCCO[C@H]1C. The molecule has 1 aliphatic rings. The van der Waals surface area contributed by atoms with E-state index in [1.165, 1.54) is 0 Å². The van der Waals surface area contributed by atoms with Crippen molar-refractivity contribution in [3.05, 3.63) is 11.5 Å². The molecule has 18 heavy (non-hydrogen) atoms. The summed E-state index contributed by atoms with van der Waals surface area (Å²) >= 11 is 0. The van der Waals surface area contributed by atoms with E-state index in [4.69, 9.17) is 9.26 Å². The molecule has 0 aliphatic carbocycles. The van der Waals surface area contributed by atoms with Gasteiger partial charge in [-0.05, 0) is 33.1 Å². The molecule has 1 aromatic heterocycles. The van der Waals surface area contributed by atoms with Crippen LogP contribution in [0.4, 0.5) is 5.69 Å². The molecule has 0 saturated carbocycles. The molecule has 2 atom stereocenters. The number of aromatic nitrogens is 1. The standard InChI is InChI=1S/C13H20N2O3/c1-4-11-12(9(3)18-15-11)14-13(16)10-6-5-7-17-8(10)2/h8,10H,4-7H2,1-3H3,(H,14,16)/t8-,10-/m0/s1. The first-order valence-electron chi connectivity index (χ1n) is 6.51. The highest BCUT2D eigenvalue weighted by atomic mass is 16.5. The second kappa shape index (κ2) is 5.52. The molecule has 1 fully saturated rings. The number of rotatable bonds is 3. The van der Waals surface area contributed by atoms with E-state index in [0.717, 1.165) is 37.3 Å². The molecule has 0 radical (unpaired) electrons. The average Bonchev–Trinajstić information content (AvgIpc) is 2.71. The van der Waals surface area contributed by atoms with E-state index < -0.39 is 0 Å². The normalized spacial score (nSPS) is 23.9. The smallest absolute Gasteiger partial charge is 0.230 e. The summed E-state index contributed by atoms with van der Waals surface area (Å²) in [7, 11) is 0. The van der Waals surface area contributed by atoms with Crippen LogP contribution in [0.1, 0.15) is 38.1 Å². The van der Waals surface area contributed by atoms with Crippen molar-refractivity contribution >= 4 is 11.6 Å². The summed E-state index contributed by atoms with van der Waals surface area (Å²) in [5.41, 5.74) is 1.52. The van der Waals surface area contributed by atoms with Crippen LogP contribution in [0.5, 0.6) is 0 Å². The third-order valence-electron chi connectivity index (χ3n) is 3.46. The molecule has 5 nitrogen and oxygen atoms in total. The fourth-order valence-electron chi connectivity index (χ4n) is 2.30. The molecule has 2 heterocycles. The summed E-state index contributed by atoms with van der Waals surface area (Å²) in [6.07, 6.45) is 2.53. The highest BCUT2D eigenvalue weighted by Gasteiger charge is 2.29. The Bertz CT molecular complexity index is 428. The maximum absolute atomic E-state index is 12.2. The number of carbonyl (C=O) groups is 1. The van der Waals surface area contributed by atoms with Crippen molar-refractivity contribution in [2.24, 2.45) is 5.92 Å². The second-order valence-electron chi connectivity index (χ2n) is 4.73. The number of hydrogen-bond donors (Lipinski definition) is 1. The number of hydrogen-bond acceptors (Lipinski definition) is 4. The van der Waals surface area contributed by atoms with Crippen molar-refractivity contribution in [3.63, 3.8) is 0 Å². The highest BCUT2D eigenvalue weighted by molar-refractivity contribution is 5.93. The van der Waals surface area contributed by atoms with E-state index in [9.17, 15) is 4.79 Å². The van der Waals surface area contributed by atoms with Crippen LogP contribution in [-0.2, 0) is 16.0 Å². The average molecular weight is 252 g/mol. The van der Waals surface area contributed by atoms with Crippen molar-refractivity contribution in [1.82, 2.24) is 5.16 Å². The zero-order chi connectivity index (χ0) is 13.1. The van der Waals surface area contributed by atoms with Crippen molar-refractivity contribution in [1.29, 1.82) is 0 Å². The Labute approximate surface area is 107 Å². The van der Waals surface area contributed by atoms with E-state index in [2.05, 4.69) is 10.5 Å². The minimum atomic E-state index is -0.0854. The first-order valence-corrected chi connectivity index (χ1v) is 6.51. The lowest BCUT2D eigenvalue weighted by atomic mass is 9.94. The number of amides is 1. The van der Waals surface area contributed by atoms with Gasteiger partial charge in [-0.25, -0.2) is 0 Å². The van der Waals surface area contributed by atoms with Crippen molar-refractivity contribution in [3.8, 4) is 0 Å². The second-order valence-corrected chi connectivity index (χ2v) is 4.73. The predicted octanol–water partition coefficient (Wildman–Crippen LogP) is 2.30. The summed E-state index contributed by atoms with van der Waals surface area (Å²) in [6, 6.07) is 0. The summed E-state index contributed by atoms with van der Waals surface area (Å²) in [5.74, 6) is 0.575. The molecule has 1 aliphatic heterocycles. The first kappa shape index (κ1) is 13.1. The molecule has 1 N–H and O–H groups in total. The molecule has 1 saturated heterocycles. The van der Waals surface area contributed by atoms with E-state index in [0.29, 0.717) is 5.76 Å². The fraction of sp³-hybridized carbons (Fsp3) is 0.692. The van der Waals surface area contributed by atoms with Crippen LogP contribution in [0.2, 0.25) is 0 Å². The Morgan fingerprint density at radius 2 is 2.33 bits per heavy atom. The first-order chi connectivity index (χ1) is 8.63. The number of ether oxygens (including phenoxy) is 1. The third-order valence-corrected chi connectivity index (χ3v) is 3.46. The molecule has 1 aromatic rings. The Morgan fingerprint density at radius 3 is 3.00 bits per heavy atom. The summed E-state index contributed by atoms with van der Waals surface area (Å²) in [6.45, 7) is 6.49. The minimum absolute atomic E-state index is 0.00296. The van der Waals surface area contributed by atoms with Crippen molar-refractivity contribution in [2.75, 3.05) is 11.9 Å². The van der Waals surface area contributed by atoms with Crippen molar-refractivity contribution in [2.45, 2.75) is 46.1 Å². The molecule has 0 aromatic carbocycles. The van der Waals surface area contributed by atoms with E-state index in [-0.39, 0.29) is 17.9 Å². The van der Waals surface area contributed by atoms with Gasteiger partial charge in [0.1, 0.15) is 11.4 Å². The maximum Gasteiger partial charge on any atom is 0.230 e. The van der Waals surface area contributed by atoms with Crippen LogP contribution in [0.15, 0.2) is 4.52 Å². The van der Waals surface area contributed by atoms with Crippen LogP contribution in [0.3, 0.4) is 0 Å². The summed E-state index contributed by atoms with van der Waals surface area (Å²) in [4.78, 5) is 12.2. The van der Waals surface area contributed by atoms with Crippen molar-refractivity contribution < 1.29 is 14.1 Å². The predicted molar refractivity (Wildman–Crippen MR) is 67.4 cm³/mol. The van der Waals surface area contributed by atoms with E-state index >= 15 is 0 Å². The molecular formula is C13H20N2O3. The van der Waals surface area contributed by atoms with Gasteiger partial charge < -0.3 is 14.6 Å². The van der Waals surface area contributed by atoms with E-state index in [1.807, 2.05) is 20.8 Å². The molecule has 0 bridgehead atoms. The Balaban J connectivity index is 2.08. The summed E-state index contributed by atoms with van der Waals surface area (Å²) < 4.78 is 10.6. The van der Waals surface area contributed by atoms with Gasteiger partial charge >= 0.3 is 0 Å². The Kier molecular flexibility index (Phi) is 4.01. The largest absolute Gasteiger partial charge is 0.378 e. The van der Waals surface area contributed by atoms with Gasteiger partial charge in [-0.15, -0.1) is 0 Å². The molecule has 100 valence electrons. The van der Waals surface area contributed by atoms with Crippen LogP contribution >= 0.6 is 0 Å². The van der Waals surface area contributed by atoms with Crippen LogP contribution < -0.4 is 5.32 Å². The number of nitrogens with one attached hydrogen (secondary N) is 1. The minimum Gasteiger partial charge on any atom is -0.378 e. The Morgan fingerprint density at radius 1 is 1.56 bits per heavy atom. The quantitative estimate of drug-likeness (QED) is 0.896. The topological polar surface area (TPSA) is 64.4 Å². The van der Waals surface area contributed by atoms with E-state index in [1.54, 1.807) is 0 Å². The van der Waals surface area contributed by atoms with Gasteiger partial charge in [-0.1, -0.05) is 12.1 Å². The molecule has 2 rings (SSSR count). The van der Waals surface area contributed by atoms with Crippen LogP contribution in [0, 0.1) is 12.8 Å². The zero-order valence-corrected chi connectivity index (χ0v) is 11.2. The number of carbonyl (C=O) groups excluding carboxylic acids is 1. The Hall–Kier alpha value is -1.36. The lowest BCUT2D eigenvalue weighted by molar-refractivity contribution is -0.127. The van der Waals surface area contributed by atoms with Crippen LogP contribution in [0.25, 0.3) is 0 Å². The molecule has 0 unspecified atom stereocenters. The monoisotopic (exact) mass is 252 g/mol. The van der Waals surface area contributed by atoms with Gasteiger partial charge in [-0.2, -0.15) is 0 Å².